The number of aromatic nitrogens is 2. The molecule has 0 unspecified atom stereocenters. The summed E-state index contributed by atoms with van der Waals surface area (Å²) in [5.74, 6) is -5.74. The van der Waals surface area contributed by atoms with E-state index in [2.05, 4.69) is 9.97 Å². The predicted molar refractivity (Wildman–Crippen MR) is 123 cm³/mol. The van der Waals surface area contributed by atoms with Gasteiger partial charge in [0.2, 0.25) is 0 Å². The lowest BCUT2D eigenvalue weighted by molar-refractivity contribution is -0.144. The van der Waals surface area contributed by atoms with Crippen LogP contribution in [0.3, 0.4) is 0 Å². The molecule has 0 amide bonds. The van der Waals surface area contributed by atoms with Gasteiger partial charge in [0, 0.05) is 54.4 Å². The molecule has 0 saturated heterocycles. The van der Waals surface area contributed by atoms with E-state index < -0.39 is 104 Å². The molecular weight excluding hydrogens is 613 g/mol. The maximum Gasteiger partial charge on any atom is 0.433 e. The third-order valence-corrected chi connectivity index (χ3v) is 7.65. The molecule has 6 rings (SSSR count). The van der Waals surface area contributed by atoms with Crippen molar-refractivity contribution in [2.45, 2.75) is 99.7 Å². The summed E-state index contributed by atoms with van der Waals surface area (Å²) >= 11 is 0. The minimum atomic E-state index is -4.85. The lowest BCUT2D eigenvalue weighted by Crippen LogP contribution is -2.43. The molecule has 2 N–H and O–H groups in total. The van der Waals surface area contributed by atoms with Crippen molar-refractivity contribution in [2.24, 2.45) is 0 Å². The van der Waals surface area contributed by atoms with Crippen LogP contribution in [0.15, 0.2) is 12.4 Å². The second kappa shape index (κ2) is 10.6. The molecule has 0 spiro atoms. The third-order valence-electron chi connectivity index (χ3n) is 7.65. The smallest absolute Gasteiger partial charge is 0.433 e. The fraction of sp³-hybridized carbons (Fsp3) is 0.615. The summed E-state index contributed by atoms with van der Waals surface area (Å²) in [6, 6.07) is 0. The zero-order valence-corrected chi connectivity index (χ0v) is 21.8. The lowest BCUT2D eigenvalue weighted by Gasteiger charge is -2.35. The first-order chi connectivity index (χ1) is 19.8. The minimum absolute atomic E-state index is 0.0649. The Bertz CT molecular complexity index is 1370. The molecule has 2 saturated carbocycles. The maximum absolute atomic E-state index is 13.6. The van der Waals surface area contributed by atoms with Crippen LogP contribution in [0.2, 0.25) is 0 Å². The molecule has 0 bridgehead atoms. The number of halogens is 11. The van der Waals surface area contributed by atoms with Crippen LogP contribution in [0.25, 0.3) is 0 Å². The predicted octanol–water partition coefficient (Wildman–Crippen LogP) is 6.46. The van der Waals surface area contributed by atoms with E-state index in [4.69, 9.17) is 9.47 Å². The van der Waals surface area contributed by atoms with Crippen LogP contribution in [-0.4, -0.2) is 50.4 Å². The summed E-state index contributed by atoms with van der Waals surface area (Å²) in [6.07, 6.45) is -16.7. The molecule has 0 radical (unpaired) electrons. The molecule has 4 aliphatic rings. The van der Waals surface area contributed by atoms with Crippen molar-refractivity contribution in [3.63, 3.8) is 0 Å². The molecule has 2 aromatic heterocycles. The van der Waals surface area contributed by atoms with Gasteiger partial charge in [0.05, 0.1) is 18.5 Å². The van der Waals surface area contributed by atoms with E-state index in [-0.39, 0.29) is 41.0 Å². The molecular formula is C26H23F11N2O4. The van der Waals surface area contributed by atoms with Gasteiger partial charge in [0.25, 0.3) is 11.8 Å². The molecule has 2 heterocycles. The fourth-order valence-electron chi connectivity index (χ4n) is 5.54. The van der Waals surface area contributed by atoms with Crippen LogP contribution in [0.4, 0.5) is 48.3 Å². The molecule has 2 aromatic rings. The van der Waals surface area contributed by atoms with Gasteiger partial charge in [-0.15, -0.1) is 0 Å². The van der Waals surface area contributed by atoms with Crippen molar-refractivity contribution in [3.8, 4) is 11.5 Å². The summed E-state index contributed by atoms with van der Waals surface area (Å²) in [5, 5.41) is 19.3. The fourth-order valence-corrected chi connectivity index (χ4v) is 5.54. The molecule has 0 aliphatic heterocycles. The van der Waals surface area contributed by atoms with Crippen molar-refractivity contribution in [1.82, 2.24) is 9.97 Å². The molecule has 2 fully saturated rings. The van der Waals surface area contributed by atoms with Gasteiger partial charge < -0.3 is 19.7 Å². The number of hydrogen-bond donors (Lipinski definition) is 2. The highest BCUT2D eigenvalue weighted by atomic mass is 19.4. The van der Waals surface area contributed by atoms with Crippen LogP contribution in [0.1, 0.15) is 78.0 Å². The zero-order valence-electron chi connectivity index (χ0n) is 21.8. The molecule has 4 aliphatic carbocycles. The van der Waals surface area contributed by atoms with E-state index in [1.54, 1.807) is 0 Å². The van der Waals surface area contributed by atoms with Gasteiger partial charge >= 0.3 is 12.4 Å². The van der Waals surface area contributed by atoms with E-state index in [0.717, 1.165) is 12.4 Å². The van der Waals surface area contributed by atoms with E-state index in [9.17, 15) is 58.5 Å². The first-order valence-electron chi connectivity index (χ1n) is 13.0. The molecule has 43 heavy (non-hydrogen) atoms. The second-order valence-electron chi connectivity index (χ2n) is 10.9. The summed E-state index contributed by atoms with van der Waals surface area (Å²) in [6.45, 7) is 0. The van der Waals surface area contributed by atoms with Crippen LogP contribution >= 0.6 is 0 Å². The molecule has 238 valence electrons. The van der Waals surface area contributed by atoms with Crippen LogP contribution in [-0.2, 0) is 25.2 Å². The van der Waals surface area contributed by atoms with Gasteiger partial charge in [0.1, 0.15) is 36.0 Å². The van der Waals surface area contributed by atoms with Crippen molar-refractivity contribution in [3.05, 3.63) is 46.0 Å². The summed E-state index contributed by atoms with van der Waals surface area (Å²) in [4.78, 5) is 6.51. The number of ether oxygens (including phenoxy) is 2. The van der Waals surface area contributed by atoms with Gasteiger partial charge in [-0.2, -0.15) is 26.3 Å². The topological polar surface area (TPSA) is 84.7 Å². The van der Waals surface area contributed by atoms with Crippen molar-refractivity contribution in [1.29, 1.82) is 0 Å². The third kappa shape index (κ3) is 6.33. The molecule has 0 aromatic carbocycles. The van der Waals surface area contributed by atoms with Gasteiger partial charge in [-0.05, 0) is 12.8 Å². The molecule has 3 atom stereocenters. The van der Waals surface area contributed by atoms with Crippen molar-refractivity contribution in [2.75, 3.05) is 0 Å². The number of nitrogens with zero attached hydrogens (tertiary/aromatic N) is 2. The van der Waals surface area contributed by atoms with Crippen LogP contribution < -0.4 is 9.47 Å². The number of pyridine rings is 2. The van der Waals surface area contributed by atoms with Crippen molar-refractivity contribution >= 4 is 0 Å². The SMILES string of the molecule is O[C@@H]1CCc2c(OC3CC(F)(F)C3)cnc(C(F)(F)F)c21.O[C@H]1c2c(C(F)(F)F)ncc(OC3CC(F)(F)C3)c2C[C@H]1F. The Hall–Kier alpha value is -2.95. The minimum Gasteiger partial charge on any atom is -0.488 e. The van der Waals surface area contributed by atoms with Crippen molar-refractivity contribution < 1.29 is 68.0 Å². The quantitative estimate of drug-likeness (QED) is 0.375. The second-order valence-corrected chi connectivity index (χ2v) is 10.9. The van der Waals surface area contributed by atoms with Crippen LogP contribution in [0.5, 0.6) is 11.5 Å². The number of hydrogen-bond acceptors (Lipinski definition) is 6. The van der Waals surface area contributed by atoms with Gasteiger partial charge in [0.15, 0.2) is 11.4 Å². The van der Waals surface area contributed by atoms with Gasteiger partial charge in [-0.1, -0.05) is 0 Å². The summed E-state index contributed by atoms with van der Waals surface area (Å²) in [5.41, 5.74) is -3.39. The number of alkyl halides is 11. The Morgan fingerprint density at radius 3 is 1.60 bits per heavy atom. The number of fused-ring (bicyclic) bond motifs is 2. The molecule has 17 heteroatoms. The van der Waals surface area contributed by atoms with Crippen LogP contribution in [0, 0.1) is 0 Å². The molecule has 6 nitrogen and oxygen atoms in total. The van der Waals surface area contributed by atoms with E-state index >= 15 is 0 Å². The summed E-state index contributed by atoms with van der Waals surface area (Å²) < 4.78 is 152. The van der Waals surface area contributed by atoms with E-state index in [0.29, 0.717) is 0 Å². The Kier molecular flexibility index (Phi) is 7.75. The Morgan fingerprint density at radius 1 is 0.721 bits per heavy atom. The zero-order chi connectivity index (χ0) is 31.7. The first kappa shape index (κ1) is 31.5. The monoisotopic (exact) mass is 636 g/mol. The average Bonchev–Trinajstić information content (AvgIpc) is 3.36. The van der Waals surface area contributed by atoms with E-state index in [1.807, 2.05) is 0 Å². The Morgan fingerprint density at radius 2 is 1.16 bits per heavy atom. The largest absolute Gasteiger partial charge is 0.488 e. The highest BCUT2D eigenvalue weighted by molar-refractivity contribution is 5.48. The normalized spacial score (nSPS) is 26.0. The first-order valence-corrected chi connectivity index (χ1v) is 13.0. The highest BCUT2D eigenvalue weighted by Crippen LogP contribution is 2.48. The van der Waals surface area contributed by atoms with Gasteiger partial charge in [-0.3, -0.25) is 0 Å². The summed E-state index contributed by atoms with van der Waals surface area (Å²) in [7, 11) is 0. The average molecular weight is 636 g/mol. The maximum atomic E-state index is 13.6. The van der Waals surface area contributed by atoms with E-state index in [1.165, 1.54) is 0 Å². The van der Waals surface area contributed by atoms with Gasteiger partial charge in [-0.25, -0.2) is 31.9 Å². The Labute approximate surface area is 235 Å². The highest BCUT2D eigenvalue weighted by Gasteiger charge is 2.50. The number of aliphatic hydroxyl groups excluding tert-OH is 2. The standard InChI is InChI=1S/C13H11F6NO2.C13H12F5NO2/c14-7-1-6-8(22-5-2-12(15,16)3-5)4-20-11(13(17,18)19)9(6)10(7)21;14-12(15)3-6(4-12)21-9-5-19-11(13(16,17)18)10-7(9)1-2-8(10)20/h4-5,7,10,21H,1-3H2;5-6,8,20H,1-4H2/t7-,10-;8-/m11/s1. The number of rotatable bonds is 4. The Balaban J connectivity index is 0.000000171. The number of aliphatic hydroxyl groups is 2. The lowest BCUT2D eigenvalue weighted by atomic mass is 9.91.